The fourth-order valence-electron chi connectivity index (χ4n) is 1.92. The number of fused-ring (bicyclic) bond motifs is 1. The third-order valence-electron chi connectivity index (χ3n) is 3.02. The lowest BCUT2D eigenvalue weighted by Gasteiger charge is -2.08. The van der Waals surface area contributed by atoms with E-state index >= 15 is 0 Å². The van der Waals surface area contributed by atoms with Crippen LogP contribution in [-0.2, 0) is 10.0 Å². The van der Waals surface area contributed by atoms with Crippen molar-refractivity contribution in [2.75, 3.05) is 11.6 Å². The molecular formula is C14H11ClN4O2S3. The lowest BCUT2D eigenvalue weighted by atomic mass is 10.3. The Labute approximate surface area is 152 Å². The van der Waals surface area contributed by atoms with Crippen LogP contribution in [0.1, 0.15) is 0 Å². The molecule has 0 unspecified atom stereocenters. The number of hydrogen-bond acceptors (Lipinski definition) is 6. The molecule has 0 spiro atoms. The van der Waals surface area contributed by atoms with Crippen molar-refractivity contribution in [3.05, 3.63) is 47.5 Å². The maximum Gasteiger partial charge on any atom is 0.287 e. The smallest absolute Gasteiger partial charge is 0.287 e. The molecule has 0 aliphatic carbocycles. The molecule has 24 heavy (non-hydrogen) atoms. The molecule has 1 aromatic heterocycles. The summed E-state index contributed by atoms with van der Waals surface area (Å²) in [6, 6.07) is 11.7. The van der Waals surface area contributed by atoms with Gasteiger partial charge < -0.3 is 5.32 Å². The summed E-state index contributed by atoms with van der Waals surface area (Å²) in [6.45, 7) is 0. The maximum atomic E-state index is 12.6. The van der Waals surface area contributed by atoms with Crippen molar-refractivity contribution in [2.24, 2.45) is 4.40 Å². The summed E-state index contributed by atoms with van der Waals surface area (Å²) in [5, 5.41) is 3.81. The number of nitrogens with one attached hydrogen (secondary N) is 1. The van der Waals surface area contributed by atoms with E-state index in [-0.39, 0.29) is 10.1 Å². The molecule has 2 aromatic carbocycles. The van der Waals surface area contributed by atoms with Gasteiger partial charge in [-0.2, -0.15) is 17.2 Å². The van der Waals surface area contributed by atoms with Gasteiger partial charge in [-0.3, -0.25) is 0 Å². The second kappa shape index (κ2) is 7.06. The zero-order chi connectivity index (χ0) is 17.2. The molecule has 1 heterocycles. The Kier molecular flexibility index (Phi) is 5.04. The topological polar surface area (TPSA) is 84.3 Å². The predicted molar refractivity (Wildman–Crippen MR) is 101 cm³/mol. The molecule has 0 radical (unpaired) electrons. The Morgan fingerprint density at radius 1 is 1.21 bits per heavy atom. The summed E-state index contributed by atoms with van der Waals surface area (Å²) < 4.78 is 37.3. The fourth-order valence-corrected chi connectivity index (χ4v) is 4.47. The number of sulfonamides is 1. The van der Waals surface area contributed by atoms with Crippen molar-refractivity contribution in [3.8, 4) is 0 Å². The molecule has 0 atom stereocenters. The first kappa shape index (κ1) is 17.2. The van der Waals surface area contributed by atoms with Crippen LogP contribution in [0, 0.1) is 0 Å². The van der Waals surface area contributed by atoms with Crippen molar-refractivity contribution in [1.82, 2.24) is 8.75 Å². The van der Waals surface area contributed by atoms with Gasteiger partial charge in [-0.05, 0) is 42.7 Å². The fraction of sp³-hybridized carbons (Fsp3) is 0.0714. The molecule has 0 saturated heterocycles. The van der Waals surface area contributed by atoms with E-state index in [0.29, 0.717) is 21.7 Å². The number of thioether (sulfide) groups is 1. The van der Waals surface area contributed by atoms with Gasteiger partial charge >= 0.3 is 0 Å². The normalized spacial score (nSPS) is 12.5. The summed E-state index contributed by atoms with van der Waals surface area (Å²) in [6.07, 6.45) is 1.74. The van der Waals surface area contributed by atoms with E-state index < -0.39 is 10.0 Å². The van der Waals surface area contributed by atoms with Gasteiger partial charge in [0.15, 0.2) is 5.17 Å². The molecule has 0 aliphatic heterocycles. The monoisotopic (exact) mass is 398 g/mol. The zero-order valence-electron chi connectivity index (χ0n) is 12.3. The number of rotatable bonds is 3. The van der Waals surface area contributed by atoms with Crippen LogP contribution in [-0.4, -0.2) is 28.6 Å². The molecule has 3 rings (SSSR count). The summed E-state index contributed by atoms with van der Waals surface area (Å²) >= 11 is 8.00. The number of anilines is 1. The number of nitrogens with zero attached hydrogens (tertiary/aromatic N) is 3. The van der Waals surface area contributed by atoms with Gasteiger partial charge in [0.05, 0.1) is 11.7 Å². The van der Waals surface area contributed by atoms with Crippen LogP contribution >= 0.6 is 35.1 Å². The van der Waals surface area contributed by atoms with Gasteiger partial charge in [-0.1, -0.05) is 29.4 Å². The molecule has 0 saturated carbocycles. The minimum Gasteiger partial charge on any atom is -0.334 e. The number of halogens is 1. The van der Waals surface area contributed by atoms with Crippen LogP contribution in [0.5, 0.6) is 0 Å². The van der Waals surface area contributed by atoms with Crippen LogP contribution < -0.4 is 5.32 Å². The lowest BCUT2D eigenvalue weighted by molar-refractivity contribution is 0.599. The van der Waals surface area contributed by atoms with E-state index in [1.54, 1.807) is 42.7 Å². The lowest BCUT2D eigenvalue weighted by Crippen LogP contribution is -2.11. The summed E-state index contributed by atoms with van der Waals surface area (Å²) in [5.41, 5.74) is 1.56. The third kappa shape index (κ3) is 3.69. The Morgan fingerprint density at radius 2 is 1.96 bits per heavy atom. The summed E-state index contributed by atoms with van der Waals surface area (Å²) in [5.74, 6) is 0. The molecule has 3 aromatic rings. The van der Waals surface area contributed by atoms with Crippen LogP contribution in [0.25, 0.3) is 11.0 Å². The Bertz CT molecular complexity index is 1000. The highest BCUT2D eigenvalue weighted by atomic mass is 35.5. The van der Waals surface area contributed by atoms with Crippen molar-refractivity contribution in [3.63, 3.8) is 0 Å². The van der Waals surface area contributed by atoms with Crippen LogP contribution in [0.15, 0.2) is 51.8 Å². The average Bonchev–Trinajstić information content (AvgIpc) is 3.04. The molecule has 124 valence electrons. The van der Waals surface area contributed by atoms with E-state index in [4.69, 9.17) is 11.6 Å². The first-order valence-corrected chi connectivity index (χ1v) is 10.4. The van der Waals surface area contributed by atoms with Crippen LogP contribution in [0.4, 0.5) is 5.69 Å². The summed E-state index contributed by atoms with van der Waals surface area (Å²) in [4.78, 5) is 0.0400. The molecule has 10 heteroatoms. The highest BCUT2D eigenvalue weighted by molar-refractivity contribution is 8.14. The van der Waals surface area contributed by atoms with Gasteiger partial charge in [-0.25, -0.2) is 0 Å². The molecule has 1 N–H and O–H groups in total. The van der Waals surface area contributed by atoms with Gasteiger partial charge in [0, 0.05) is 10.7 Å². The maximum absolute atomic E-state index is 12.6. The Hall–Kier alpha value is -1.68. The minimum absolute atomic E-state index is 0.0400. The predicted octanol–water partition coefficient (Wildman–Crippen LogP) is 3.86. The van der Waals surface area contributed by atoms with Crippen molar-refractivity contribution in [1.29, 1.82) is 0 Å². The van der Waals surface area contributed by atoms with Gasteiger partial charge in [0.2, 0.25) is 0 Å². The quantitative estimate of drug-likeness (QED) is 0.532. The van der Waals surface area contributed by atoms with Gasteiger partial charge in [0.25, 0.3) is 10.0 Å². The molecular weight excluding hydrogens is 388 g/mol. The molecule has 0 bridgehead atoms. The first-order valence-electron chi connectivity index (χ1n) is 6.62. The van der Waals surface area contributed by atoms with E-state index in [9.17, 15) is 8.42 Å². The first-order chi connectivity index (χ1) is 11.5. The van der Waals surface area contributed by atoms with Gasteiger partial charge in [0.1, 0.15) is 15.9 Å². The largest absolute Gasteiger partial charge is 0.334 e. The Balaban J connectivity index is 1.97. The number of benzene rings is 2. The highest BCUT2D eigenvalue weighted by Gasteiger charge is 2.20. The van der Waals surface area contributed by atoms with Crippen LogP contribution in [0.2, 0.25) is 5.02 Å². The van der Waals surface area contributed by atoms with Gasteiger partial charge in [-0.15, -0.1) is 4.40 Å². The number of aromatic nitrogens is 2. The average molecular weight is 399 g/mol. The second-order valence-corrected chi connectivity index (χ2v) is 7.93. The second-order valence-electron chi connectivity index (χ2n) is 4.60. The van der Waals surface area contributed by atoms with Crippen molar-refractivity contribution in [2.45, 2.75) is 4.90 Å². The van der Waals surface area contributed by atoms with E-state index in [1.807, 2.05) is 0 Å². The standard InChI is InChI=1S/C14H11ClN4O2S3/c1-22-14(16-10-7-5-9(15)6-8-10)19-24(20,21)12-4-2-3-11-13(12)18-23-17-11/h2-8H,1H3,(H,16,19). The van der Waals surface area contributed by atoms with Crippen molar-refractivity contribution >= 4 is 67.0 Å². The molecule has 0 fully saturated rings. The molecule has 6 nitrogen and oxygen atoms in total. The zero-order valence-corrected chi connectivity index (χ0v) is 15.5. The van der Waals surface area contributed by atoms with E-state index in [0.717, 1.165) is 11.7 Å². The van der Waals surface area contributed by atoms with Crippen LogP contribution in [0.3, 0.4) is 0 Å². The third-order valence-corrected chi connectivity index (χ3v) is 5.82. The SMILES string of the molecule is CS/C(=N\S(=O)(=O)c1cccc2nsnc12)Nc1ccc(Cl)cc1. The van der Waals surface area contributed by atoms with E-state index in [1.165, 1.54) is 17.8 Å². The van der Waals surface area contributed by atoms with E-state index in [2.05, 4.69) is 18.5 Å². The Morgan fingerprint density at radius 3 is 2.67 bits per heavy atom. The molecule has 0 aliphatic rings. The summed E-state index contributed by atoms with van der Waals surface area (Å²) in [7, 11) is -3.91. The minimum atomic E-state index is -3.91. The molecule has 0 amide bonds. The number of amidine groups is 1. The number of hydrogen-bond donors (Lipinski definition) is 1. The van der Waals surface area contributed by atoms with Crippen molar-refractivity contribution < 1.29 is 8.42 Å². The highest BCUT2D eigenvalue weighted by Crippen LogP contribution is 2.24.